The Bertz CT molecular complexity index is 947. The number of carbonyl (C=O) groups is 1. The van der Waals surface area contributed by atoms with E-state index in [9.17, 15) is 4.79 Å². The van der Waals surface area contributed by atoms with Crippen LogP contribution in [0.4, 0.5) is 0 Å². The third kappa shape index (κ3) is 3.18. The minimum atomic E-state index is -0.335. The number of hydrogen-bond donors (Lipinski definition) is 0. The summed E-state index contributed by atoms with van der Waals surface area (Å²) in [4.78, 5) is 12.2. The van der Waals surface area contributed by atoms with E-state index in [2.05, 4.69) is 11.7 Å². The van der Waals surface area contributed by atoms with E-state index in [1.165, 1.54) is 13.2 Å². The van der Waals surface area contributed by atoms with Crippen molar-refractivity contribution in [3.63, 3.8) is 0 Å². The van der Waals surface area contributed by atoms with E-state index in [-0.39, 0.29) is 11.5 Å². The Hall–Kier alpha value is -2.56. The molecule has 0 spiro atoms. The largest absolute Gasteiger partial charge is 0.492 e. The Labute approximate surface area is 155 Å². The molecule has 0 saturated carbocycles. The molecule has 2 aromatic carbocycles. The Balaban J connectivity index is 2.35. The van der Waals surface area contributed by atoms with Crippen LogP contribution >= 0.6 is 23.2 Å². The molecule has 0 bridgehead atoms. The molecule has 0 aliphatic carbocycles. The minimum Gasteiger partial charge on any atom is -0.492 e. The molecule has 3 rings (SSSR count). The molecule has 0 amide bonds. The molecule has 0 fully saturated rings. The van der Waals surface area contributed by atoms with Crippen molar-refractivity contribution in [3.05, 3.63) is 76.9 Å². The fraction of sp³-hybridized carbons (Fsp3) is 0.0526. The first-order valence-corrected chi connectivity index (χ1v) is 8.17. The molecule has 126 valence electrons. The summed E-state index contributed by atoms with van der Waals surface area (Å²) in [6.45, 7) is 3.53. The average molecular weight is 373 g/mol. The first-order valence-electron chi connectivity index (χ1n) is 7.41. The maximum Gasteiger partial charge on any atom is 0.209 e. The second-order valence-electron chi connectivity index (χ2n) is 5.17. The predicted molar refractivity (Wildman–Crippen MR) is 100 cm³/mol. The number of ketones is 1. The van der Waals surface area contributed by atoms with Gasteiger partial charge >= 0.3 is 0 Å². The topological polar surface area (TPSA) is 44.1 Å². The van der Waals surface area contributed by atoms with Crippen LogP contribution in [0.25, 0.3) is 16.9 Å². The van der Waals surface area contributed by atoms with Crippen molar-refractivity contribution in [1.29, 1.82) is 0 Å². The number of carbonyl (C=O) groups excluding carboxylic acids is 1. The summed E-state index contributed by atoms with van der Waals surface area (Å²) in [6.07, 6.45) is 1.20. The molecule has 3 aromatic rings. The van der Waals surface area contributed by atoms with Crippen molar-refractivity contribution in [2.45, 2.75) is 0 Å². The molecule has 4 nitrogen and oxygen atoms in total. The Kier molecular flexibility index (Phi) is 4.93. The lowest BCUT2D eigenvalue weighted by atomic mass is 10.1. The highest BCUT2D eigenvalue weighted by Crippen LogP contribution is 2.37. The van der Waals surface area contributed by atoms with Gasteiger partial charge in [0.2, 0.25) is 5.78 Å². The zero-order valence-corrected chi connectivity index (χ0v) is 14.9. The fourth-order valence-corrected chi connectivity index (χ4v) is 2.86. The number of nitrogens with zero attached hydrogens (tertiary/aromatic N) is 2. The second-order valence-corrected chi connectivity index (χ2v) is 6.01. The third-order valence-corrected chi connectivity index (χ3v) is 4.23. The molecule has 1 aromatic heterocycles. The Morgan fingerprint density at radius 1 is 1.16 bits per heavy atom. The summed E-state index contributed by atoms with van der Waals surface area (Å²) in [5.41, 5.74) is 2.20. The molecule has 0 radical (unpaired) electrons. The SMILES string of the molecule is C=CC(=O)c1nn(-c2ccccc2Cl)c(-c2ccc(Cl)cc2)c1OC. The van der Waals surface area contributed by atoms with Gasteiger partial charge in [0.25, 0.3) is 0 Å². The summed E-state index contributed by atoms with van der Waals surface area (Å²) in [5.74, 6) is 0.0185. The molecule has 6 heteroatoms. The van der Waals surface area contributed by atoms with E-state index in [0.29, 0.717) is 27.2 Å². The van der Waals surface area contributed by atoms with Crippen LogP contribution in [0.3, 0.4) is 0 Å². The number of ether oxygens (including phenoxy) is 1. The van der Waals surface area contributed by atoms with E-state index in [1.807, 2.05) is 30.3 Å². The number of aromatic nitrogens is 2. The molecule has 0 unspecified atom stereocenters. The second kappa shape index (κ2) is 7.13. The number of benzene rings is 2. The molecule has 0 saturated heterocycles. The molecular weight excluding hydrogens is 359 g/mol. The number of methoxy groups -OCH3 is 1. The average Bonchev–Trinajstić information content (AvgIpc) is 3.01. The Morgan fingerprint density at radius 3 is 2.44 bits per heavy atom. The van der Waals surface area contributed by atoms with Gasteiger partial charge in [-0.3, -0.25) is 4.79 Å². The van der Waals surface area contributed by atoms with E-state index < -0.39 is 0 Å². The maximum absolute atomic E-state index is 12.2. The van der Waals surface area contributed by atoms with E-state index in [0.717, 1.165) is 5.56 Å². The van der Waals surface area contributed by atoms with Crippen molar-refractivity contribution in [3.8, 4) is 22.7 Å². The van der Waals surface area contributed by atoms with Crippen LogP contribution in [-0.4, -0.2) is 22.7 Å². The molecule has 0 atom stereocenters. The lowest BCUT2D eigenvalue weighted by Crippen LogP contribution is -2.02. The van der Waals surface area contributed by atoms with Crippen LogP contribution in [0, 0.1) is 0 Å². The lowest BCUT2D eigenvalue weighted by Gasteiger charge is -2.10. The molecule has 0 N–H and O–H groups in total. The molecule has 1 heterocycles. The predicted octanol–water partition coefficient (Wildman–Crippen LogP) is 5.22. The number of halogens is 2. The summed E-state index contributed by atoms with van der Waals surface area (Å²) in [6, 6.07) is 14.4. The fourth-order valence-electron chi connectivity index (χ4n) is 2.51. The Morgan fingerprint density at radius 2 is 1.84 bits per heavy atom. The van der Waals surface area contributed by atoms with Crippen molar-refractivity contribution >= 4 is 29.0 Å². The van der Waals surface area contributed by atoms with Crippen LogP contribution in [0.15, 0.2) is 61.2 Å². The van der Waals surface area contributed by atoms with Crippen molar-refractivity contribution < 1.29 is 9.53 Å². The highest BCUT2D eigenvalue weighted by Gasteiger charge is 2.25. The van der Waals surface area contributed by atoms with E-state index in [1.54, 1.807) is 22.9 Å². The van der Waals surface area contributed by atoms with Crippen LogP contribution < -0.4 is 4.74 Å². The number of hydrogen-bond acceptors (Lipinski definition) is 3. The zero-order valence-electron chi connectivity index (χ0n) is 13.4. The third-order valence-electron chi connectivity index (χ3n) is 3.66. The van der Waals surface area contributed by atoms with Crippen LogP contribution in [0.1, 0.15) is 10.5 Å². The van der Waals surface area contributed by atoms with E-state index >= 15 is 0 Å². The highest BCUT2D eigenvalue weighted by atomic mass is 35.5. The van der Waals surface area contributed by atoms with Gasteiger partial charge in [-0.1, -0.05) is 54.0 Å². The van der Waals surface area contributed by atoms with Gasteiger partial charge in [-0.2, -0.15) is 5.10 Å². The van der Waals surface area contributed by atoms with Gasteiger partial charge in [-0.15, -0.1) is 0 Å². The minimum absolute atomic E-state index is 0.169. The van der Waals surface area contributed by atoms with Gasteiger partial charge in [0.05, 0.1) is 17.8 Å². The van der Waals surface area contributed by atoms with Crippen molar-refractivity contribution in [1.82, 2.24) is 9.78 Å². The standard InChI is InChI=1S/C19H14Cl2N2O2/c1-3-16(24)17-19(25-2)18(12-8-10-13(20)11-9-12)23(22-17)15-7-5-4-6-14(15)21/h3-11H,1H2,2H3. The van der Waals surface area contributed by atoms with Gasteiger partial charge < -0.3 is 4.74 Å². The van der Waals surface area contributed by atoms with Crippen LogP contribution in [-0.2, 0) is 0 Å². The van der Waals surface area contributed by atoms with Gasteiger partial charge in [0.15, 0.2) is 11.4 Å². The first-order chi connectivity index (χ1) is 12.1. The maximum atomic E-state index is 12.2. The van der Waals surface area contributed by atoms with Crippen LogP contribution in [0.5, 0.6) is 5.75 Å². The van der Waals surface area contributed by atoms with Crippen molar-refractivity contribution in [2.24, 2.45) is 0 Å². The quantitative estimate of drug-likeness (QED) is 0.455. The highest BCUT2D eigenvalue weighted by molar-refractivity contribution is 6.32. The smallest absolute Gasteiger partial charge is 0.209 e. The first kappa shape index (κ1) is 17.3. The normalized spacial score (nSPS) is 10.5. The lowest BCUT2D eigenvalue weighted by molar-refractivity contribution is 0.103. The van der Waals surface area contributed by atoms with Gasteiger partial charge in [-0.25, -0.2) is 4.68 Å². The summed E-state index contributed by atoms with van der Waals surface area (Å²) < 4.78 is 7.10. The van der Waals surface area contributed by atoms with Gasteiger partial charge in [-0.05, 0) is 30.3 Å². The molecular formula is C19H14Cl2N2O2. The molecule has 25 heavy (non-hydrogen) atoms. The summed E-state index contributed by atoms with van der Waals surface area (Å²) in [7, 11) is 1.49. The van der Waals surface area contributed by atoms with Gasteiger partial charge in [0.1, 0.15) is 5.69 Å². The monoisotopic (exact) mass is 372 g/mol. The van der Waals surface area contributed by atoms with Crippen molar-refractivity contribution in [2.75, 3.05) is 7.11 Å². The number of allylic oxidation sites excluding steroid dienone is 1. The van der Waals surface area contributed by atoms with Crippen LogP contribution in [0.2, 0.25) is 10.0 Å². The molecule has 0 aliphatic heterocycles. The number of para-hydroxylation sites is 1. The molecule has 0 aliphatic rings. The number of rotatable bonds is 5. The zero-order chi connectivity index (χ0) is 18.0. The summed E-state index contributed by atoms with van der Waals surface area (Å²) >= 11 is 12.3. The van der Waals surface area contributed by atoms with E-state index in [4.69, 9.17) is 27.9 Å². The van der Waals surface area contributed by atoms with Gasteiger partial charge in [0, 0.05) is 10.6 Å². The summed E-state index contributed by atoms with van der Waals surface area (Å²) in [5, 5.41) is 5.54.